The van der Waals surface area contributed by atoms with Crippen LogP contribution in [0.2, 0.25) is 0 Å². The fraction of sp³-hybridized carbons (Fsp3) is 0.308. The fourth-order valence-corrected chi connectivity index (χ4v) is 5.20. The fourth-order valence-electron chi connectivity index (χ4n) is 4.43. The molecule has 0 saturated carbocycles. The van der Waals surface area contributed by atoms with Gasteiger partial charge in [0.05, 0.1) is 35.1 Å². The van der Waals surface area contributed by atoms with E-state index >= 15 is 0 Å². The number of benzene rings is 1. The first-order valence-electron chi connectivity index (χ1n) is 11.4. The van der Waals surface area contributed by atoms with Crippen LogP contribution in [-0.2, 0) is 6.42 Å². The largest absolute Gasteiger partial charge is 0.496 e. The van der Waals surface area contributed by atoms with E-state index in [1.807, 2.05) is 42.2 Å². The van der Waals surface area contributed by atoms with E-state index in [0.717, 1.165) is 52.6 Å². The maximum atomic E-state index is 13.6. The third-order valence-electron chi connectivity index (χ3n) is 6.16. The molecule has 0 N–H and O–H groups in total. The molecule has 1 fully saturated rings. The van der Waals surface area contributed by atoms with Gasteiger partial charge in [0.2, 0.25) is 5.89 Å². The Morgan fingerprint density at radius 1 is 1.21 bits per heavy atom. The summed E-state index contributed by atoms with van der Waals surface area (Å²) >= 11 is 1.53. The molecule has 174 valence electrons. The number of thiazole rings is 1. The molecule has 4 aromatic rings. The standard InChI is InChI=1S/C26H26N4O3S/c1-17-24(34-16-29-17)21-14-19(10-11-27-21)26(31)30-12-6-5-8-22(30)25-28-15-20(33-25)13-18-7-3-4-9-23(18)32-2/h3-4,7,9-11,14-16,22H,5-6,8,12-13H2,1-2H3/t22-/m1/s1. The summed E-state index contributed by atoms with van der Waals surface area (Å²) in [6, 6.07) is 11.3. The van der Waals surface area contributed by atoms with Crippen molar-refractivity contribution in [2.75, 3.05) is 13.7 Å². The maximum absolute atomic E-state index is 13.6. The third-order valence-corrected chi connectivity index (χ3v) is 7.11. The number of aromatic nitrogens is 3. The van der Waals surface area contributed by atoms with E-state index in [2.05, 4.69) is 15.0 Å². The molecular weight excluding hydrogens is 448 g/mol. The van der Waals surface area contributed by atoms with Gasteiger partial charge in [0, 0.05) is 30.3 Å². The van der Waals surface area contributed by atoms with Crippen LogP contribution in [0.25, 0.3) is 10.6 Å². The van der Waals surface area contributed by atoms with Gasteiger partial charge in [-0.15, -0.1) is 11.3 Å². The first-order chi connectivity index (χ1) is 16.6. The molecule has 0 bridgehead atoms. The van der Waals surface area contributed by atoms with E-state index in [4.69, 9.17) is 9.15 Å². The lowest BCUT2D eigenvalue weighted by Crippen LogP contribution is -2.38. The van der Waals surface area contributed by atoms with Crippen LogP contribution < -0.4 is 4.74 Å². The number of methoxy groups -OCH3 is 1. The van der Waals surface area contributed by atoms with Crippen LogP contribution in [-0.4, -0.2) is 39.4 Å². The Balaban J connectivity index is 1.38. The van der Waals surface area contributed by atoms with Crippen molar-refractivity contribution in [3.63, 3.8) is 0 Å². The Bertz CT molecular complexity index is 1300. The van der Waals surface area contributed by atoms with Crippen LogP contribution in [0.15, 0.2) is 58.7 Å². The van der Waals surface area contributed by atoms with Crippen LogP contribution in [0.5, 0.6) is 5.75 Å². The molecule has 0 aliphatic carbocycles. The highest BCUT2D eigenvalue weighted by Crippen LogP contribution is 2.33. The van der Waals surface area contributed by atoms with Crippen LogP contribution in [0.4, 0.5) is 0 Å². The molecule has 1 saturated heterocycles. The molecule has 4 heterocycles. The third kappa shape index (κ3) is 4.46. The van der Waals surface area contributed by atoms with E-state index in [-0.39, 0.29) is 11.9 Å². The zero-order valence-electron chi connectivity index (χ0n) is 19.2. The first kappa shape index (κ1) is 22.3. The van der Waals surface area contributed by atoms with Gasteiger partial charge >= 0.3 is 0 Å². The average Bonchev–Trinajstić information content (AvgIpc) is 3.53. The van der Waals surface area contributed by atoms with E-state index in [1.54, 1.807) is 31.1 Å². The number of likely N-dealkylation sites (tertiary alicyclic amines) is 1. The maximum Gasteiger partial charge on any atom is 0.254 e. The average molecular weight is 475 g/mol. The van der Waals surface area contributed by atoms with Gasteiger partial charge in [0.1, 0.15) is 17.6 Å². The summed E-state index contributed by atoms with van der Waals surface area (Å²) in [7, 11) is 1.66. The number of carbonyl (C=O) groups excluding carboxylic acids is 1. The molecular formula is C26H26N4O3S. The van der Waals surface area contributed by atoms with Crippen molar-refractivity contribution >= 4 is 17.2 Å². The predicted molar refractivity (Wildman–Crippen MR) is 130 cm³/mol. The number of hydrogen-bond donors (Lipinski definition) is 0. The molecule has 3 aromatic heterocycles. The summed E-state index contributed by atoms with van der Waals surface area (Å²) in [6.45, 7) is 2.62. The minimum absolute atomic E-state index is 0.0278. The van der Waals surface area contributed by atoms with Gasteiger partial charge in [-0.1, -0.05) is 18.2 Å². The Hall–Kier alpha value is -3.52. The van der Waals surface area contributed by atoms with Gasteiger partial charge in [-0.25, -0.2) is 9.97 Å². The van der Waals surface area contributed by atoms with Crippen molar-refractivity contribution in [2.45, 2.75) is 38.6 Å². The molecule has 0 radical (unpaired) electrons. The van der Waals surface area contributed by atoms with Gasteiger partial charge in [0.25, 0.3) is 5.91 Å². The van der Waals surface area contributed by atoms with Crippen LogP contribution in [0.1, 0.15) is 58.6 Å². The molecule has 0 spiro atoms. The molecule has 1 amide bonds. The molecule has 1 atom stereocenters. The van der Waals surface area contributed by atoms with Crippen molar-refractivity contribution in [1.82, 2.24) is 19.9 Å². The number of ether oxygens (including phenoxy) is 1. The Labute approximate surface area is 202 Å². The smallest absolute Gasteiger partial charge is 0.254 e. The second kappa shape index (κ2) is 9.77. The number of rotatable bonds is 6. The molecule has 1 aliphatic heterocycles. The highest BCUT2D eigenvalue weighted by molar-refractivity contribution is 7.13. The van der Waals surface area contributed by atoms with Crippen LogP contribution in [0.3, 0.4) is 0 Å². The highest BCUT2D eigenvalue weighted by atomic mass is 32.1. The summed E-state index contributed by atoms with van der Waals surface area (Å²) < 4.78 is 11.6. The van der Waals surface area contributed by atoms with E-state index in [9.17, 15) is 4.79 Å². The first-order valence-corrected chi connectivity index (χ1v) is 12.3. The van der Waals surface area contributed by atoms with Crippen molar-refractivity contribution in [2.24, 2.45) is 0 Å². The second-order valence-electron chi connectivity index (χ2n) is 8.36. The normalized spacial score (nSPS) is 15.9. The number of amides is 1. The lowest BCUT2D eigenvalue weighted by atomic mass is 10.0. The van der Waals surface area contributed by atoms with Gasteiger partial charge < -0.3 is 14.1 Å². The Morgan fingerprint density at radius 3 is 2.91 bits per heavy atom. The predicted octanol–water partition coefficient (Wildman–Crippen LogP) is 5.47. The number of para-hydroxylation sites is 1. The van der Waals surface area contributed by atoms with Crippen LogP contribution >= 0.6 is 11.3 Å². The zero-order valence-corrected chi connectivity index (χ0v) is 20.0. The van der Waals surface area contributed by atoms with Crippen molar-refractivity contribution < 1.29 is 13.9 Å². The lowest BCUT2D eigenvalue weighted by molar-refractivity contribution is 0.0570. The monoisotopic (exact) mass is 474 g/mol. The van der Waals surface area contributed by atoms with E-state index in [0.29, 0.717) is 24.4 Å². The summed E-state index contributed by atoms with van der Waals surface area (Å²) in [5.74, 6) is 2.13. The molecule has 1 aliphatic rings. The number of aryl methyl sites for hydroxylation is 1. The van der Waals surface area contributed by atoms with E-state index in [1.165, 1.54) is 11.3 Å². The van der Waals surface area contributed by atoms with Crippen molar-refractivity contribution in [1.29, 1.82) is 0 Å². The van der Waals surface area contributed by atoms with Gasteiger partial charge in [-0.2, -0.15) is 0 Å². The minimum Gasteiger partial charge on any atom is -0.496 e. The number of oxazole rings is 1. The van der Waals surface area contributed by atoms with E-state index < -0.39 is 0 Å². The second-order valence-corrected chi connectivity index (χ2v) is 9.21. The van der Waals surface area contributed by atoms with Crippen molar-refractivity contribution in [3.05, 3.63) is 82.8 Å². The Morgan fingerprint density at radius 2 is 2.09 bits per heavy atom. The summed E-state index contributed by atoms with van der Waals surface area (Å²) in [4.78, 5) is 29.8. The van der Waals surface area contributed by atoms with Crippen LogP contribution in [0, 0.1) is 6.92 Å². The SMILES string of the molecule is COc1ccccc1Cc1cnc([C@H]2CCCCN2C(=O)c2ccnc(-c3scnc3C)c2)o1. The van der Waals surface area contributed by atoms with Gasteiger partial charge in [0.15, 0.2) is 0 Å². The van der Waals surface area contributed by atoms with Crippen molar-refractivity contribution in [3.8, 4) is 16.3 Å². The number of nitrogens with zero attached hydrogens (tertiary/aromatic N) is 4. The number of hydrogen-bond acceptors (Lipinski definition) is 7. The zero-order chi connectivity index (χ0) is 23.5. The summed E-state index contributed by atoms with van der Waals surface area (Å²) in [5.41, 5.74) is 5.14. The molecule has 5 rings (SSSR count). The summed E-state index contributed by atoms with van der Waals surface area (Å²) in [6.07, 6.45) is 6.85. The lowest BCUT2D eigenvalue weighted by Gasteiger charge is -2.33. The molecule has 34 heavy (non-hydrogen) atoms. The number of pyridine rings is 1. The highest BCUT2D eigenvalue weighted by Gasteiger charge is 2.32. The molecule has 1 aromatic carbocycles. The number of piperidine rings is 1. The Kier molecular flexibility index (Phi) is 6.40. The number of carbonyl (C=O) groups is 1. The molecule has 7 nitrogen and oxygen atoms in total. The van der Waals surface area contributed by atoms with Gasteiger partial charge in [-0.3, -0.25) is 9.78 Å². The topological polar surface area (TPSA) is 81.4 Å². The summed E-state index contributed by atoms with van der Waals surface area (Å²) in [5, 5.41) is 0. The molecule has 8 heteroatoms. The molecule has 0 unspecified atom stereocenters. The minimum atomic E-state index is -0.186. The van der Waals surface area contributed by atoms with Gasteiger partial charge in [-0.05, 0) is 44.4 Å². The quantitative estimate of drug-likeness (QED) is 0.369.